The summed E-state index contributed by atoms with van der Waals surface area (Å²) in [6, 6.07) is 11.2. The van der Waals surface area contributed by atoms with Crippen molar-refractivity contribution in [2.75, 3.05) is 11.9 Å². The Morgan fingerprint density at radius 3 is 2.86 bits per heavy atom. The first-order valence-corrected chi connectivity index (χ1v) is 7.52. The Hall–Kier alpha value is -2.73. The highest BCUT2D eigenvalue weighted by atomic mass is 32.1. The van der Waals surface area contributed by atoms with Gasteiger partial charge in [0, 0.05) is 25.0 Å². The van der Waals surface area contributed by atoms with Gasteiger partial charge in [0.05, 0.1) is 5.69 Å². The first kappa shape index (κ1) is 13.0. The van der Waals surface area contributed by atoms with Gasteiger partial charge in [-0.1, -0.05) is 23.5 Å². The van der Waals surface area contributed by atoms with Crippen molar-refractivity contribution in [3.63, 3.8) is 0 Å². The van der Waals surface area contributed by atoms with Crippen molar-refractivity contribution in [1.82, 2.24) is 9.97 Å². The van der Waals surface area contributed by atoms with Crippen LogP contribution in [0.4, 0.5) is 5.69 Å². The maximum atomic E-state index is 12.6. The van der Waals surface area contributed by atoms with Gasteiger partial charge in [0.15, 0.2) is 11.4 Å². The maximum absolute atomic E-state index is 12.6. The molecule has 3 aromatic rings. The number of carbonyl (C=O) groups is 1. The molecule has 0 aliphatic carbocycles. The number of aromatic nitrogens is 2. The number of nitrogens with zero attached hydrogens (tertiary/aromatic N) is 3. The van der Waals surface area contributed by atoms with Gasteiger partial charge in [0.1, 0.15) is 5.01 Å². The summed E-state index contributed by atoms with van der Waals surface area (Å²) in [5.41, 5.74) is 1.94. The normalized spacial score (nSPS) is 13.1. The number of pyridine rings is 1. The zero-order valence-electron chi connectivity index (χ0n) is 11.7. The van der Waals surface area contributed by atoms with Crippen LogP contribution in [0.15, 0.2) is 48.8 Å². The summed E-state index contributed by atoms with van der Waals surface area (Å²) in [5.74, 6) is 0.477. The van der Waals surface area contributed by atoms with Crippen LogP contribution < -0.4 is 9.64 Å². The number of fused-ring (bicyclic) bond motifs is 2. The Morgan fingerprint density at radius 1 is 1.18 bits per heavy atom. The van der Waals surface area contributed by atoms with Gasteiger partial charge in [0.2, 0.25) is 5.06 Å². The molecule has 0 radical (unpaired) electrons. The predicted octanol–water partition coefficient (Wildman–Crippen LogP) is 3.59. The molecule has 0 atom stereocenters. The fourth-order valence-electron chi connectivity index (χ4n) is 2.31. The molecular formula is C16H11N3O2S. The van der Waals surface area contributed by atoms with E-state index in [-0.39, 0.29) is 5.91 Å². The van der Waals surface area contributed by atoms with Gasteiger partial charge in [-0.2, -0.15) is 0 Å². The summed E-state index contributed by atoms with van der Waals surface area (Å²) >= 11 is 1.35. The largest absolute Gasteiger partial charge is 0.442 e. The van der Waals surface area contributed by atoms with E-state index in [0.717, 1.165) is 16.3 Å². The number of hydrogen-bond acceptors (Lipinski definition) is 5. The summed E-state index contributed by atoms with van der Waals surface area (Å²) in [5, 5.41) is 1.24. The number of para-hydroxylation sites is 2. The topological polar surface area (TPSA) is 55.3 Å². The van der Waals surface area contributed by atoms with Gasteiger partial charge in [-0.15, -0.1) is 0 Å². The molecule has 1 amide bonds. The van der Waals surface area contributed by atoms with E-state index in [1.54, 1.807) is 24.3 Å². The van der Waals surface area contributed by atoms with E-state index >= 15 is 0 Å². The molecule has 4 rings (SSSR count). The molecule has 0 bridgehead atoms. The Morgan fingerprint density at radius 2 is 2.05 bits per heavy atom. The highest BCUT2D eigenvalue weighted by Gasteiger charge is 2.29. The van der Waals surface area contributed by atoms with E-state index in [9.17, 15) is 4.79 Å². The van der Waals surface area contributed by atoms with Crippen molar-refractivity contribution in [1.29, 1.82) is 0 Å². The lowest BCUT2D eigenvalue weighted by molar-refractivity contribution is 0.0989. The van der Waals surface area contributed by atoms with Crippen molar-refractivity contribution in [3.8, 4) is 21.4 Å². The molecule has 0 saturated carbocycles. The number of carbonyl (C=O) groups excluding carboxylic acids is 1. The lowest BCUT2D eigenvalue weighted by atomic mass is 10.2. The van der Waals surface area contributed by atoms with Crippen LogP contribution >= 0.6 is 11.3 Å². The second-order valence-corrected chi connectivity index (χ2v) is 5.79. The van der Waals surface area contributed by atoms with E-state index in [0.29, 0.717) is 16.5 Å². The molecule has 5 nitrogen and oxygen atoms in total. The van der Waals surface area contributed by atoms with E-state index in [2.05, 4.69) is 9.97 Å². The molecule has 0 N–H and O–H groups in total. The fourth-order valence-corrected chi connectivity index (χ4v) is 3.22. The van der Waals surface area contributed by atoms with Gasteiger partial charge in [-0.05, 0) is 24.3 Å². The minimum atomic E-state index is -0.175. The zero-order valence-corrected chi connectivity index (χ0v) is 12.5. The number of ether oxygens (including phenoxy) is 1. The van der Waals surface area contributed by atoms with Crippen molar-refractivity contribution in [3.05, 3.63) is 54.5 Å². The molecule has 1 aliphatic heterocycles. The quantitative estimate of drug-likeness (QED) is 0.689. The summed E-state index contributed by atoms with van der Waals surface area (Å²) in [6.45, 7) is 0. The molecule has 0 spiro atoms. The molecule has 0 saturated heterocycles. The highest BCUT2D eigenvalue weighted by molar-refractivity contribution is 7.17. The number of anilines is 1. The number of hydrogen-bond donors (Lipinski definition) is 0. The van der Waals surface area contributed by atoms with Crippen LogP contribution in [0.1, 0.15) is 10.5 Å². The Balaban J connectivity index is 1.86. The number of rotatable bonds is 1. The van der Waals surface area contributed by atoms with Crippen molar-refractivity contribution >= 4 is 22.9 Å². The molecule has 1 aromatic carbocycles. The molecule has 6 heteroatoms. The van der Waals surface area contributed by atoms with E-state index in [1.807, 2.05) is 36.4 Å². The first-order valence-electron chi connectivity index (χ1n) is 6.70. The third kappa shape index (κ3) is 1.96. The molecule has 1 aliphatic rings. The summed E-state index contributed by atoms with van der Waals surface area (Å²) in [4.78, 5) is 22.7. The Kier molecular flexibility index (Phi) is 2.90. The lowest BCUT2D eigenvalue weighted by Crippen LogP contribution is -2.25. The summed E-state index contributed by atoms with van der Waals surface area (Å²) in [7, 11) is 1.72. The number of thiazole rings is 1. The third-order valence-electron chi connectivity index (χ3n) is 3.44. The molecule has 0 unspecified atom stereocenters. The van der Waals surface area contributed by atoms with Crippen LogP contribution in [-0.2, 0) is 0 Å². The maximum Gasteiger partial charge on any atom is 0.281 e. The van der Waals surface area contributed by atoms with Gasteiger partial charge in [-0.25, -0.2) is 4.98 Å². The van der Waals surface area contributed by atoms with Crippen molar-refractivity contribution in [2.45, 2.75) is 0 Å². The molecule has 0 fully saturated rings. The van der Waals surface area contributed by atoms with Crippen molar-refractivity contribution < 1.29 is 9.53 Å². The second-order valence-electron chi connectivity index (χ2n) is 4.83. The predicted molar refractivity (Wildman–Crippen MR) is 84.6 cm³/mol. The Labute approximate surface area is 130 Å². The molecule has 3 heterocycles. The highest BCUT2D eigenvalue weighted by Crippen LogP contribution is 2.43. The molecule has 2 aromatic heterocycles. The lowest BCUT2D eigenvalue weighted by Gasteiger charge is -2.15. The van der Waals surface area contributed by atoms with Crippen LogP contribution in [0.2, 0.25) is 0 Å². The molecule has 108 valence electrons. The average Bonchev–Trinajstić information content (AvgIpc) is 2.95. The van der Waals surface area contributed by atoms with E-state index in [4.69, 9.17) is 4.74 Å². The van der Waals surface area contributed by atoms with Crippen LogP contribution in [0.25, 0.3) is 10.6 Å². The Bertz CT molecular complexity index is 861. The van der Waals surface area contributed by atoms with Crippen molar-refractivity contribution in [2.24, 2.45) is 0 Å². The molecular weight excluding hydrogens is 298 g/mol. The third-order valence-corrected chi connectivity index (χ3v) is 4.42. The standard InChI is InChI=1S/C16H11N3O2S/c1-19-11-6-2-3-7-12(11)21-16-13(15(19)20)18-14(22-16)10-5-4-8-17-9-10/h2-9H,1H3. The SMILES string of the molecule is CN1C(=O)c2nc(-c3cccnc3)sc2Oc2ccccc21. The molecule has 22 heavy (non-hydrogen) atoms. The van der Waals surface area contributed by atoms with Crippen LogP contribution in [0.5, 0.6) is 10.8 Å². The summed E-state index contributed by atoms with van der Waals surface area (Å²) < 4.78 is 5.92. The van der Waals surface area contributed by atoms with Crippen LogP contribution in [0.3, 0.4) is 0 Å². The van der Waals surface area contributed by atoms with E-state index < -0.39 is 0 Å². The smallest absolute Gasteiger partial charge is 0.281 e. The monoisotopic (exact) mass is 309 g/mol. The van der Waals surface area contributed by atoms with Crippen LogP contribution in [0, 0.1) is 0 Å². The first-order chi connectivity index (χ1) is 10.7. The number of benzene rings is 1. The fraction of sp³-hybridized carbons (Fsp3) is 0.0625. The van der Waals surface area contributed by atoms with Crippen LogP contribution in [-0.4, -0.2) is 22.9 Å². The number of amides is 1. The minimum Gasteiger partial charge on any atom is -0.442 e. The van der Waals surface area contributed by atoms with Gasteiger partial charge in [0.25, 0.3) is 5.91 Å². The van der Waals surface area contributed by atoms with E-state index in [1.165, 1.54) is 11.3 Å². The second kappa shape index (κ2) is 4.92. The minimum absolute atomic E-state index is 0.175. The summed E-state index contributed by atoms with van der Waals surface area (Å²) in [6.07, 6.45) is 3.42. The van der Waals surface area contributed by atoms with Gasteiger partial charge >= 0.3 is 0 Å². The van der Waals surface area contributed by atoms with Gasteiger partial charge < -0.3 is 9.64 Å². The van der Waals surface area contributed by atoms with Gasteiger partial charge in [-0.3, -0.25) is 9.78 Å². The average molecular weight is 309 g/mol. The zero-order chi connectivity index (χ0) is 15.1.